The van der Waals surface area contributed by atoms with Crippen LogP contribution in [0.25, 0.3) is 0 Å². The Morgan fingerprint density at radius 2 is 1.89 bits per heavy atom. The van der Waals surface area contributed by atoms with E-state index in [0.717, 1.165) is 39.1 Å². The third-order valence-corrected chi connectivity index (χ3v) is 4.43. The van der Waals surface area contributed by atoms with Crippen LogP contribution in [0.2, 0.25) is 0 Å². The first-order valence-electron chi connectivity index (χ1n) is 7.02. The van der Waals surface area contributed by atoms with Gasteiger partial charge in [-0.05, 0) is 25.9 Å². The molecule has 0 aromatic heterocycles. The Labute approximate surface area is 110 Å². The van der Waals surface area contributed by atoms with Crippen LogP contribution in [-0.2, 0) is 4.79 Å². The minimum Gasteiger partial charge on any atom is -0.339 e. The van der Waals surface area contributed by atoms with Crippen molar-refractivity contribution in [3.8, 4) is 0 Å². The summed E-state index contributed by atoms with van der Waals surface area (Å²) >= 11 is 0. The molecule has 2 atom stereocenters. The van der Waals surface area contributed by atoms with Crippen molar-refractivity contribution in [1.82, 2.24) is 14.7 Å². The Bertz CT molecular complexity index is 289. The van der Waals surface area contributed by atoms with Gasteiger partial charge in [-0.15, -0.1) is 0 Å². The van der Waals surface area contributed by atoms with Gasteiger partial charge in [-0.2, -0.15) is 0 Å². The largest absolute Gasteiger partial charge is 0.339 e. The highest BCUT2D eigenvalue weighted by atomic mass is 16.2. The van der Waals surface area contributed by atoms with E-state index in [9.17, 15) is 4.79 Å². The molecule has 0 spiro atoms. The maximum atomic E-state index is 12.3. The van der Waals surface area contributed by atoms with Crippen LogP contribution in [0.4, 0.5) is 0 Å². The molecular formula is C13H26N4O. The van der Waals surface area contributed by atoms with Gasteiger partial charge in [-0.25, -0.2) is 0 Å². The Kier molecular flexibility index (Phi) is 4.59. The van der Waals surface area contributed by atoms with Gasteiger partial charge in [0.15, 0.2) is 0 Å². The minimum absolute atomic E-state index is 0.274. The molecule has 5 nitrogen and oxygen atoms in total. The second kappa shape index (κ2) is 5.99. The average molecular weight is 254 g/mol. The zero-order chi connectivity index (χ0) is 13.1. The number of likely N-dealkylation sites (tertiary alicyclic amines) is 1. The number of amides is 1. The summed E-state index contributed by atoms with van der Waals surface area (Å²) in [6, 6.07) is 0.390. The third-order valence-electron chi connectivity index (χ3n) is 4.43. The molecule has 2 rings (SSSR count). The monoisotopic (exact) mass is 254 g/mol. The van der Waals surface area contributed by atoms with E-state index in [2.05, 4.69) is 23.8 Å². The molecule has 1 amide bonds. The molecule has 18 heavy (non-hydrogen) atoms. The zero-order valence-electron chi connectivity index (χ0n) is 11.6. The Balaban J connectivity index is 1.84. The molecule has 0 bridgehead atoms. The number of nitrogens with zero attached hydrogens (tertiary/aromatic N) is 3. The molecule has 0 aliphatic carbocycles. The molecule has 0 radical (unpaired) electrons. The first-order chi connectivity index (χ1) is 8.61. The fraction of sp³-hybridized carbons (Fsp3) is 0.923. The number of carbonyl (C=O) groups is 1. The third kappa shape index (κ3) is 3.02. The normalized spacial score (nSPS) is 30.9. The van der Waals surface area contributed by atoms with Gasteiger partial charge >= 0.3 is 0 Å². The maximum absolute atomic E-state index is 12.3. The number of carbonyl (C=O) groups excluding carboxylic acids is 1. The number of likely N-dealkylation sites (N-methyl/N-ethyl adjacent to an activating group) is 1. The summed E-state index contributed by atoms with van der Waals surface area (Å²) in [7, 11) is 2.11. The molecule has 2 fully saturated rings. The van der Waals surface area contributed by atoms with E-state index in [1.807, 2.05) is 4.90 Å². The lowest BCUT2D eigenvalue weighted by atomic mass is 10.0. The van der Waals surface area contributed by atoms with Gasteiger partial charge in [0.05, 0.1) is 6.54 Å². The summed E-state index contributed by atoms with van der Waals surface area (Å²) in [5.41, 5.74) is 5.81. The van der Waals surface area contributed by atoms with E-state index in [-0.39, 0.29) is 5.91 Å². The SMILES string of the molecule is CC1CCN(CC(=O)N2CCN(C)CC2)C1CN. The number of rotatable bonds is 3. The van der Waals surface area contributed by atoms with Crippen molar-refractivity contribution in [3.05, 3.63) is 0 Å². The summed E-state index contributed by atoms with van der Waals surface area (Å²) in [4.78, 5) is 18.8. The summed E-state index contributed by atoms with van der Waals surface area (Å²) in [5.74, 6) is 0.894. The van der Waals surface area contributed by atoms with Crippen LogP contribution in [0.5, 0.6) is 0 Å². The smallest absolute Gasteiger partial charge is 0.236 e. The molecule has 2 unspecified atom stereocenters. The lowest BCUT2D eigenvalue weighted by Gasteiger charge is -2.34. The topological polar surface area (TPSA) is 52.8 Å². The molecule has 2 aliphatic rings. The van der Waals surface area contributed by atoms with Gasteiger partial charge in [0.2, 0.25) is 5.91 Å². The summed E-state index contributed by atoms with van der Waals surface area (Å²) < 4.78 is 0. The van der Waals surface area contributed by atoms with Crippen LogP contribution >= 0.6 is 0 Å². The van der Waals surface area contributed by atoms with E-state index in [0.29, 0.717) is 25.0 Å². The standard InChI is InChI=1S/C13H26N4O/c1-11-3-4-17(12(11)9-14)10-13(18)16-7-5-15(2)6-8-16/h11-12H,3-10,14H2,1-2H3. The second-order valence-corrected chi connectivity index (χ2v) is 5.72. The van der Waals surface area contributed by atoms with E-state index >= 15 is 0 Å². The first-order valence-corrected chi connectivity index (χ1v) is 7.02. The van der Waals surface area contributed by atoms with Crippen molar-refractivity contribution >= 4 is 5.91 Å². The lowest BCUT2D eigenvalue weighted by Crippen LogP contribution is -2.51. The molecule has 2 aliphatic heterocycles. The van der Waals surface area contributed by atoms with Crippen LogP contribution in [-0.4, -0.2) is 79.5 Å². The lowest BCUT2D eigenvalue weighted by molar-refractivity contribution is -0.134. The van der Waals surface area contributed by atoms with E-state index in [1.54, 1.807) is 0 Å². The molecule has 0 aromatic carbocycles. The van der Waals surface area contributed by atoms with Crippen molar-refractivity contribution in [2.75, 3.05) is 52.9 Å². The fourth-order valence-electron chi connectivity index (χ4n) is 2.99. The number of hydrogen-bond donors (Lipinski definition) is 1. The van der Waals surface area contributed by atoms with Crippen molar-refractivity contribution in [3.63, 3.8) is 0 Å². The van der Waals surface area contributed by atoms with Crippen molar-refractivity contribution in [2.24, 2.45) is 11.7 Å². The highest BCUT2D eigenvalue weighted by Gasteiger charge is 2.32. The molecule has 5 heteroatoms. The predicted molar refractivity (Wildman–Crippen MR) is 72.3 cm³/mol. The number of piperazine rings is 1. The quantitative estimate of drug-likeness (QED) is 0.733. The zero-order valence-corrected chi connectivity index (χ0v) is 11.6. The van der Waals surface area contributed by atoms with Crippen LogP contribution in [0.15, 0.2) is 0 Å². The van der Waals surface area contributed by atoms with Gasteiger partial charge in [0, 0.05) is 38.8 Å². The van der Waals surface area contributed by atoms with Crippen LogP contribution < -0.4 is 5.73 Å². The fourth-order valence-corrected chi connectivity index (χ4v) is 2.99. The molecule has 2 heterocycles. The van der Waals surface area contributed by atoms with Gasteiger partial charge in [0.25, 0.3) is 0 Å². The van der Waals surface area contributed by atoms with E-state index < -0.39 is 0 Å². The molecular weight excluding hydrogens is 228 g/mol. The minimum atomic E-state index is 0.274. The highest BCUT2D eigenvalue weighted by molar-refractivity contribution is 5.78. The van der Waals surface area contributed by atoms with E-state index in [4.69, 9.17) is 5.73 Å². The van der Waals surface area contributed by atoms with Gasteiger partial charge in [0.1, 0.15) is 0 Å². The van der Waals surface area contributed by atoms with Gasteiger partial charge < -0.3 is 15.5 Å². The molecule has 2 N–H and O–H groups in total. The summed E-state index contributed by atoms with van der Waals surface area (Å²) in [6.07, 6.45) is 1.16. The predicted octanol–water partition coefficient (Wildman–Crippen LogP) is -0.570. The van der Waals surface area contributed by atoms with Crippen molar-refractivity contribution in [1.29, 1.82) is 0 Å². The molecule has 104 valence electrons. The van der Waals surface area contributed by atoms with Crippen molar-refractivity contribution < 1.29 is 4.79 Å². The first kappa shape index (κ1) is 13.8. The van der Waals surface area contributed by atoms with E-state index in [1.165, 1.54) is 0 Å². The molecule has 0 aromatic rings. The average Bonchev–Trinajstić information content (AvgIpc) is 2.70. The van der Waals surface area contributed by atoms with Crippen molar-refractivity contribution in [2.45, 2.75) is 19.4 Å². The molecule has 2 saturated heterocycles. The Morgan fingerprint density at radius 3 is 2.50 bits per heavy atom. The van der Waals surface area contributed by atoms with Crippen LogP contribution in [0.3, 0.4) is 0 Å². The second-order valence-electron chi connectivity index (χ2n) is 5.72. The summed E-state index contributed by atoms with van der Waals surface area (Å²) in [6.45, 7) is 8.18. The maximum Gasteiger partial charge on any atom is 0.236 e. The Morgan fingerprint density at radius 1 is 1.22 bits per heavy atom. The van der Waals surface area contributed by atoms with Crippen LogP contribution in [0, 0.1) is 5.92 Å². The van der Waals surface area contributed by atoms with Crippen LogP contribution in [0.1, 0.15) is 13.3 Å². The summed E-state index contributed by atoms with van der Waals surface area (Å²) in [5, 5.41) is 0. The number of hydrogen-bond acceptors (Lipinski definition) is 4. The number of nitrogens with two attached hydrogens (primary N) is 1. The Hall–Kier alpha value is -0.650. The molecule has 0 saturated carbocycles. The highest BCUT2D eigenvalue weighted by Crippen LogP contribution is 2.22. The van der Waals surface area contributed by atoms with Gasteiger partial charge in [-0.1, -0.05) is 6.92 Å². The van der Waals surface area contributed by atoms with Gasteiger partial charge in [-0.3, -0.25) is 9.69 Å².